The quantitative estimate of drug-likeness (QED) is 0.841. The molecule has 5 heteroatoms. The molecule has 1 aliphatic heterocycles. The van der Waals surface area contributed by atoms with E-state index in [0.717, 1.165) is 30.8 Å². The van der Waals surface area contributed by atoms with Crippen molar-refractivity contribution in [1.29, 1.82) is 0 Å². The van der Waals surface area contributed by atoms with Gasteiger partial charge in [0.2, 0.25) is 5.28 Å². The van der Waals surface area contributed by atoms with Gasteiger partial charge in [0.05, 0.1) is 0 Å². The predicted octanol–water partition coefficient (Wildman–Crippen LogP) is 2.18. The zero-order valence-electron chi connectivity index (χ0n) is 10.1. The zero-order valence-corrected chi connectivity index (χ0v) is 10.8. The summed E-state index contributed by atoms with van der Waals surface area (Å²) >= 11 is 5.86. The predicted molar refractivity (Wildman–Crippen MR) is 68.5 cm³/mol. The fourth-order valence-corrected chi connectivity index (χ4v) is 2.56. The Labute approximate surface area is 107 Å². The minimum absolute atomic E-state index is 0.221. The highest BCUT2D eigenvalue weighted by atomic mass is 35.5. The van der Waals surface area contributed by atoms with Crippen molar-refractivity contribution in [2.75, 3.05) is 18.1 Å². The highest BCUT2D eigenvalue weighted by Crippen LogP contribution is 2.27. The molecule has 94 valence electrons. The summed E-state index contributed by atoms with van der Waals surface area (Å²) in [7, 11) is 0. The van der Waals surface area contributed by atoms with Crippen molar-refractivity contribution in [3.8, 4) is 0 Å². The monoisotopic (exact) mass is 255 g/mol. The first-order valence-corrected chi connectivity index (χ1v) is 6.47. The number of hydrogen-bond donors (Lipinski definition) is 1. The van der Waals surface area contributed by atoms with Gasteiger partial charge >= 0.3 is 0 Å². The Morgan fingerprint density at radius 2 is 2.35 bits per heavy atom. The molecule has 1 saturated heterocycles. The summed E-state index contributed by atoms with van der Waals surface area (Å²) < 4.78 is 0. The van der Waals surface area contributed by atoms with Gasteiger partial charge in [-0.3, -0.25) is 0 Å². The van der Waals surface area contributed by atoms with Crippen LogP contribution < -0.4 is 4.90 Å². The normalized spacial score (nSPS) is 20.6. The maximum atomic E-state index is 9.12. The molecule has 0 aromatic carbocycles. The Kier molecular flexibility index (Phi) is 4.18. The molecule has 1 aliphatic rings. The van der Waals surface area contributed by atoms with Crippen LogP contribution in [0.2, 0.25) is 5.28 Å². The molecular formula is C12H18ClN3O. The maximum absolute atomic E-state index is 9.12. The van der Waals surface area contributed by atoms with Crippen LogP contribution in [0, 0.1) is 6.92 Å². The van der Waals surface area contributed by atoms with Crippen molar-refractivity contribution in [2.24, 2.45) is 0 Å². The largest absolute Gasteiger partial charge is 0.396 e. The molecule has 0 amide bonds. The van der Waals surface area contributed by atoms with Crippen LogP contribution >= 0.6 is 11.6 Å². The number of rotatable bonds is 3. The minimum atomic E-state index is 0.221. The molecule has 1 N–H and O–H groups in total. The minimum Gasteiger partial charge on any atom is -0.396 e. The van der Waals surface area contributed by atoms with E-state index < -0.39 is 0 Å². The summed E-state index contributed by atoms with van der Waals surface area (Å²) in [6.45, 7) is 3.20. The van der Waals surface area contributed by atoms with Gasteiger partial charge in [-0.15, -0.1) is 0 Å². The molecule has 0 spiro atoms. The Hall–Kier alpha value is -0.870. The van der Waals surface area contributed by atoms with Crippen LogP contribution in [0.5, 0.6) is 0 Å². The summed E-state index contributed by atoms with van der Waals surface area (Å²) in [6.07, 6.45) is 6.06. The molecule has 2 heterocycles. The smallest absolute Gasteiger partial charge is 0.224 e. The Balaban J connectivity index is 2.25. The Morgan fingerprint density at radius 3 is 3.12 bits per heavy atom. The fourth-order valence-electron chi connectivity index (χ4n) is 2.43. The van der Waals surface area contributed by atoms with Gasteiger partial charge in [-0.25, -0.2) is 9.97 Å². The van der Waals surface area contributed by atoms with Crippen molar-refractivity contribution in [1.82, 2.24) is 9.97 Å². The highest BCUT2D eigenvalue weighted by Gasteiger charge is 2.24. The lowest BCUT2D eigenvalue weighted by atomic mass is 9.99. The lowest BCUT2D eigenvalue weighted by molar-refractivity contribution is 0.262. The molecule has 1 atom stereocenters. The van der Waals surface area contributed by atoms with E-state index >= 15 is 0 Å². The van der Waals surface area contributed by atoms with Gasteiger partial charge in [0.15, 0.2) is 0 Å². The van der Waals surface area contributed by atoms with E-state index in [0.29, 0.717) is 11.3 Å². The maximum Gasteiger partial charge on any atom is 0.224 e. The van der Waals surface area contributed by atoms with Gasteiger partial charge in [-0.05, 0) is 44.2 Å². The number of piperidine rings is 1. The molecule has 0 radical (unpaired) electrons. The van der Waals surface area contributed by atoms with Crippen LogP contribution in [0.15, 0.2) is 6.20 Å². The first-order valence-electron chi connectivity index (χ1n) is 6.09. The van der Waals surface area contributed by atoms with Gasteiger partial charge in [0, 0.05) is 31.0 Å². The lowest BCUT2D eigenvalue weighted by Crippen LogP contribution is -2.41. The van der Waals surface area contributed by atoms with Gasteiger partial charge in [0.1, 0.15) is 5.82 Å². The third-order valence-corrected chi connectivity index (χ3v) is 3.46. The van der Waals surface area contributed by atoms with Gasteiger partial charge in [-0.2, -0.15) is 0 Å². The average Bonchev–Trinajstić information content (AvgIpc) is 2.34. The van der Waals surface area contributed by atoms with E-state index in [1.807, 2.05) is 6.92 Å². The van der Waals surface area contributed by atoms with E-state index in [1.54, 1.807) is 6.20 Å². The molecule has 1 unspecified atom stereocenters. The average molecular weight is 256 g/mol. The molecule has 1 aromatic rings. The van der Waals surface area contributed by atoms with Crippen molar-refractivity contribution in [3.63, 3.8) is 0 Å². The zero-order chi connectivity index (χ0) is 12.3. The number of nitrogens with zero attached hydrogens (tertiary/aromatic N) is 3. The summed E-state index contributed by atoms with van der Waals surface area (Å²) in [5, 5.41) is 9.41. The first-order chi connectivity index (χ1) is 8.22. The number of aliphatic hydroxyl groups is 1. The summed E-state index contributed by atoms with van der Waals surface area (Å²) in [5.41, 5.74) is 1.04. The summed E-state index contributed by atoms with van der Waals surface area (Å²) in [5.74, 6) is 0.920. The van der Waals surface area contributed by atoms with Gasteiger partial charge in [-0.1, -0.05) is 0 Å². The second-order valence-corrected chi connectivity index (χ2v) is 4.84. The molecule has 0 saturated carbocycles. The molecule has 0 bridgehead atoms. The van der Waals surface area contributed by atoms with Crippen LogP contribution in [0.4, 0.5) is 5.82 Å². The standard InChI is InChI=1S/C12H18ClN3O/c1-9-8-14-12(13)15-11(9)16-6-3-2-4-10(16)5-7-17/h8,10,17H,2-7H2,1H3. The second kappa shape index (κ2) is 5.65. The van der Waals surface area contributed by atoms with Crippen LogP contribution in [0.1, 0.15) is 31.2 Å². The van der Waals surface area contributed by atoms with Gasteiger partial charge in [0.25, 0.3) is 0 Å². The fraction of sp³-hybridized carbons (Fsp3) is 0.667. The van der Waals surface area contributed by atoms with Crippen LogP contribution in [0.3, 0.4) is 0 Å². The van der Waals surface area contributed by atoms with Crippen LogP contribution in [-0.4, -0.2) is 34.3 Å². The third kappa shape index (κ3) is 2.87. The number of anilines is 1. The summed E-state index contributed by atoms with van der Waals surface area (Å²) in [6, 6.07) is 0.374. The third-order valence-electron chi connectivity index (χ3n) is 3.28. The molecule has 1 fully saturated rings. The highest BCUT2D eigenvalue weighted by molar-refractivity contribution is 6.28. The second-order valence-electron chi connectivity index (χ2n) is 4.50. The number of halogens is 1. The van der Waals surface area contributed by atoms with Crippen LogP contribution in [-0.2, 0) is 0 Å². The lowest BCUT2D eigenvalue weighted by Gasteiger charge is -2.37. The van der Waals surface area contributed by atoms with Crippen LogP contribution in [0.25, 0.3) is 0 Å². The van der Waals surface area contributed by atoms with E-state index in [4.69, 9.17) is 16.7 Å². The van der Waals surface area contributed by atoms with Crippen molar-refractivity contribution < 1.29 is 5.11 Å². The molecule has 17 heavy (non-hydrogen) atoms. The molecular weight excluding hydrogens is 238 g/mol. The number of hydrogen-bond acceptors (Lipinski definition) is 4. The Bertz CT molecular complexity index is 384. The molecule has 1 aromatic heterocycles. The van der Waals surface area contributed by atoms with Crippen molar-refractivity contribution in [2.45, 2.75) is 38.6 Å². The van der Waals surface area contributed by atoms with E-state index in [9.17, 15) is 0 Å². The molecule has 2 rings (SSSR count). The molecule has 0 aliphatic carbocycles. The molecule has 4 nitrogen and oxygen atoms in total. The van der Waals surface area contributed by atoms with Crippen molar-refractivity contribution >= 4 is 17.4 Å². The topological polar surface area (TPSA) is 49.2 Å². The van der Waals surface area contributed by atoms with E-state index in [-0.39, 0.29) is 6.61 Å². The number of aryl methyl sites for hydroxylation is 1. The number of aromatic nitrogens is 2. The number of aliphatic hydroxyl groups excluding tert-OH is 1. The summed E-state index contributed by atoms with van der Waals surface area (Å²) in [4.78, 5) is 10.6. The Morgan fingerprint density at radius 1 is 1.53 bits per heavy atom. The van der Waals surface area contributed by atoms with Crippen molar-refractivity contribution in [3.05, 3.63) is 17.0 Å². The van der Waals surface area contributed by atoms with E-state index in [1.165, 1.54) is 12.8 Å². The SMILES string of the molecule is Cc1cnc(Cl)nc1N1CCCCC1CCO. The first kappa shape index (κ1) is 12.6. The van der Waals surface area contributed by atoms with E-state index in [2.05, 4.69) is 14.9 Å². The van der Waals surface area contributed by atoms with Gasteiger partial charge < -0.3 is 10.0 Å².